The van der Waals surface area contributed by atoms with Crippen molar-refractivity contribution in [2.45, 2.75) is 71.5 Å². The fraction of sp³-hybridized carbons (Fsp3) is 0.739. The van der Waals surface area contributed by atoms with Crippen molar-refractivity contribution in [3.8, 4) is 0 Å². The van der Waals surface area contributed by atoms with E-state index in [-0.39, 0.29) is 35.8 Å². The van der Waals surface area contributed by atoms with Crippen LogP contribution in [0.15, 0.2) is 12.7 Å². The molecule has 3 amide bonds. The summed E-state index contributed by atoms with van der Waals surface area (Å²) in [5, 5.41) is 2.84. The first kappa shape index (κ1) is 28.8. The number of carbonyl (C=O) groups excluding carboxylic acids is 4. The van der Waals surface area contributed by atoms with Gasteiger partial charge in [0.1, 0.15) is 6.04 Å². The van der Waals surface area contributed by atoms with Crippen LogP contribution < -0.4 is 5.32 Å². The van der Waals surface area contributed by atoms with Crippen molar-refractivity contribution >= 4 is 23.5 Å². The van der Waals surface area contributed by atoms with E-state index in [2.05, 4.69) is 11.9 Å². The van der Waals surface area contributed by atoms with Gasteiger partial charge in [-0.1, -0.05) is 26.3 Å². The van der Waals surface area contributed by atoms with Gasteiger partial charge in [0.05, 0.1) is 18.5 Å². The number of Topliss-reactive ketones (excluding diaryl/α,β-unsaturated/α-hetero) is 1. The predicted molar refractivity (Wildman–Crippen MR) is 123 cm³/mol. The van der Waals surface area contributed by atoms with Gasteiger partial charge in [0.15, 0.2) is 5.78 Å². The Bertz CT molecular complexity index is 635. The molecule has 4 atom stereocenters. The highest BCUT2D eigenvalue weighted by Crippen LogP contribution is 2.15. The van der Waals surface area contributed by atoms with E-state index in [9.17, 15) is 19.2 Å². The Hall–Kier alpha value is -2.22. The smallest absolute Gasteiger partial charge is 0.243 e. The summed E-state index contributed by atoms with van der Waals surface area (Å²) < 4.78 is 0. The molecular weight excluding hydrogens is 396 g/mol. The first-order valence-corrected chi connectivity index (χ1v) is 11.0. The van der Waals surface area contributed by atoms with E-state index < -0.39 is 18.1 Å². The molecule has 0 saturated heterocycles. The summed E-state index contributed by atoms with van der Waals surface area (Å²) >= 11 is 0. The van der Waals surface area contributed by atoms with Gasteiger partial charge in [0.2, 0.25) is 17.7 Å². The van der Waals surface area contributed by atoms with Crippen molar-refractivity contribution in [2.24, 2.45) is 5.92 Å². The van der Waals surface area contributed by atoms with Crippen molar-refractivity contribution in [2.75, 3.05) is 34.7 Å². The first-order valence-electron chi connectivity index (χ1n) is 11.0. The molecule has 178 valence electrons. The number of hydrogen-bond donors (Lipinski definition) is 1. The van der Waals surface area contributed by atoms with Crippen LogP contribution in [0.5, 0.6) is 0 Å². The van der Waals surface area contributed by atoms with Gasteiger partial charge >= 0.3 is 0 Å². The molecule has 0 aliphatic heterocycles. The lowest BCUT2D eigenvalue weighted by Gasteiger charge is -2.32. The fourth-order valence-corrected chi connectivity index (χ4v) is 3.29. The minimum Gasteiger partial charge on any atom is -0.345 e. The van der Waals surface area contributed by atoms with Gasteiger partial charge in [0.25, 0.3) is 0 Å². The lowest BCUT2D eigenvalue weighted by Crippen LogP contribution is -2.54. The predicted octanol–water partition coefficient (Wildman–Crippen LogP) is 1.70. The van der Waals surface area contributed by atoms with Crippen LogP contribution in [0.4, 0.5) is 0 Å². The molecule has 1 N–H and O–H groups in total. The molecule has 8 heteroatoms. The number of amides is 3. The van der Waals surface area contributed by atoms with Crippen LogP contribution in [-0.4, -0.2) is 91.1 Å². The molecule has 0 saturated carbocycles. The Morgan fingerprint density at radius 2 is 1.61 bits per heavy atom. The van der Waals surface area contributed by atoms with Crippen LogP contribution in [0, 0.1) is 5.92 Å². The number of allylic oxidation sites excluding steroid dienone is 1. The van der Waals surface area contributed by atoms with E-state index in [4.69, 9.17) is 0 Å². The lowest BCUT2D eigenvalue weighted by atomic mass is 9.95. The summed E-state index contributed by atoms with van der Waals surface area (Å²) in [5.74, 6) is -0.932. The van der Waals surface area contributed by atoms with Gasteiger partial charge in [-0.05, 0) is 46.7 Å². The zero-order chi connectivity index (χ0) is 24.3. The third-order valence-corrected chi connectivity index (χ3v) is 5.88. The molecule has 0 rings (SSSR count). The van der Waals surface area contributed by atoms with E-state index in [0.29, 0.717) is 19.4 Å². The standard InChI is InChI=1S/C23H42N4O4/c1-10-13-14-18(22(30)24-21(17(5)28)16(4)11-2)27(9)20(29)15-19(25(6)7)23(31)26(8)12-3/h10,16,18-19,21H,1,11-15H2,2-9H3,(H,24,30)/t16-,18?,19-,21-/m0/s1. The highest BCUT2D eigenvalue weighted by molar-refractivity contribution is 5.93. The maximum atomic E-state index is 13.1. The third kappa shape index (κ3) is 8.81. The molecule has 0 aliphatic rings. The van der Waals surface area contributed by atoms with Crippen LogP contribution in [0.3, 0.4) is 0 Å². The van der Waals surface area contributed by atoms with Crippen LogP contribution in [0.1, 0.15) is 53.4 Å². The Labute approximate surface area is 188 Å². The maximum absolute atomic E-state index is 13.1. The van der Waals surface area contributed by atoms with Crippen LogP contribution in [0.2, 0.25) is 0 Å². The largest absolute Gasteiger partial charge is 0.345 e. The van der Waals surface area contributed by atoms with Gasteiger partial charge in [-0.25, -0.2) is 0 Å². The molecule has 0 spiro atoms. The minimum absolute atomic E-state index is 0.0113. The Kier molecular flexibility index (Phi) is 13.0. The zero-order valence-corrected chi connectivity index (χ0v) is 20.6. The molecule has 8 nitrogen and oxygen atoms in total. The van der Waals surface area contributed by atoms with Crippen LogP contribution in [-0.2, 0) is 19.2 Å². The molecule has 1 unspecified atom stereocenters. The molecule has 0 aromatic rings. The van der Waals surface area contributed by atoms with E-state index in [1.165, 1.54) is 11.8 Å². The van der Waals surface area contributed by atoms with Crippen molar-refractivity contribution < 1.29 is 19.2 Å². The SMILES string of the molecule is C=CCCC(C(=O)N[C@H](C(C)=O)[C@@H](C)CC)N(C)C(=O)C[C@@H](C(=O)N(C)CC)N(C)C. The van der Waals surface area contributed by atoms with Crippen LogP contribution in [0.25, 0.3) is 0 Å². The number of rotatable bonds is 14. The number of carbonyl (C=O) groups is 4. The Balaban J connectivity index is 5.58. The quantitative estimate of drug-likeness (QED) is 0.417. The summed E-state index contributed by atoms with van der Waals surface area (Å²) in [6, 6.07) is -1.96. The van der Waals surface area contributed by atoms with Crippen molar-refractivity contribution in [3.63, 3.8) is 0 Å². The second-order valence-electron chi connectivity index (χ2n) is 8.40. The van der Waals surface area contributed by atoms with Gasteiger partial charge < -0.3 is 15.1 Å². The highest BCUT2D eigenvalue weighted by atomic mass is 16.2. The molecule has 0 fully saturated rings. The monoisotopic (exact) mass is 438 g/mol. The Morgan fingerprint density at radius 3 is 2.03 bits per heavy atom. The first-order chi connectivity index (χ1) is 14.4. The van der Waals surface area contributed by atoms with Gasteiger partial charge in [-0.15, -0.1) is 6.58 Å². The lowest BCUT2D eigenvalue weighted by molar-refractivity contribution is -0.144. The van der Waals surface area contributed by atoms with Gasteiger partial charge in [-0.2, -0.15) is 0 Å². The normalized spacial score (nSPS) is 14.9. The number of hydrogen-bond acceptors (Lipinski definition) is 5. The van der Waals surface area contributed by atoms with E-state index in [0.717, 1.165) is 6.42 Å². The number of nitrogens with one attached hydrogen (secondary N) is 1. The van der Waals surface area contributed by atoms with E-state index in [1.807, 2.05) is 20.8 Å². The molecule has 0 heterocycles. The molecule has 0 bridgehead atoms. The summed E-state index contributed by atoms with van der Waals surface area (Å²) in [6.07, 6.45) is 3.33. The summed E-state index contributed by atoms with van der Waals surface area (Å²) in [5.41, 5.74) is 0. The van der Waals surface area contributed by atoms with Crippen molar-refractivity contribution in [1.82, 2.24) is 20.0 Å². The third-order valence-electron chi connectivity index (χ3n) is 5.88. The van der Waals surface area contributed by atoms with E-state index >= 15 is 0 Å². The topological polar surface area (TPSA) is 90.0 Å². The van der Waals surface area contributed by atoms with E-state index in [1.54, 1.807) is 44.1 Å². The average molecular weight is 439 g/mol. The fourth-order valence-electron chi connectivity index (χ4n) is 3.29. The number of nitrogens with zero attached hydrogens (tertiary/aromatic N) is 3. The van der Waals surface area contributed by atoms with Gasteiger partial charge in [0, 0.05) is 20.6 Å². The molecular formula is C23H42N4O4. The molecule has 31 heavy (non-hydrogen) atoms. The average Bonchev–Trinajstić information content (AvgIpc) is 2.73. The Morgan fingerprint density at radius 1 is 1.03 bits per heavy atom. The zero-order valence-electron chi connectivity index (χ0n) is 20.6. The van der Waals surface area contributed by atoms with Crippen LogP contribution >= 0.6 is 0 Å². The second-order valence-corrected chi connectivity index (χ2v) is 8.40. The number of ketones is 1. The summed E-state index contributed by atoms with van der Waals surface area (Å²) in [4.78, 5) is 55.5. The van der Waals surface area contributed by atoms with Gasteiger partial charge in [-0.3, -0.25) is 24.1 Å². The van der Waals surface area contributed by atoms with Crippen molar-refractivity contribution in [3.05, 3.63) is 12.7 Å². The summed E-state index contributed by atoms with van der Waals surface area (Å²) in [7, 11) is 6.78. The molecule has 0 radical (unpaired) electrons. The van der Waals surface area contributed by atoms with Crippen molar-refractivity contribution in [1.29, 1.82) is 0 Å². The second kappa shape index (κ2) is 14.0. The summed E-state index contributed by atoms with van der Waals surface area (Å²) in [6.45, 7) is 11.5. The maximum Gasteiger partial charge on any atom is 0.243 e. The minimum atomic E-state index is -0.752. The highest BCUT2D eigenvalue weighted by Gasteiger charge is 2.33. The molecule has 0 aromatic heterocycles. The molecule has 0 aliphatic carbocycles. The molecule has 0 aromatic carbocycles. The number of likely N-dealkylation sites (N-methyl/N-ethyl adjacent to an activating group) is 3.